The van der Waals surface area contributed by atoms with Crippen molar-refractivity contribution in [1.29, 1.82) is 0 Å². The molecule has 0 amide bonds. The Bertz CT molecular complexity index is 730. The molecule has 0 aliphatic carbocycles. The third kappa shape index (κ3) is 3.89. The summed E-state index contributed by atoms with van der Waals surface area (Å²) in [6.07, 6.45) is 3.99. The van der Waals surface area contributed by atoms with E-state index in [1.807, 2.05) is 12.1 Å². The van der Waals surface area contributed by atoms with Gasteiger partial charge in [0.15, 0.2) is 17.3 Å². The van der Waals surface area contributed by atoms with E-state index < -0.39 is 0 Å². The van der Waals surface area contributed by atoms with E-state index in [1.165, 1.54) is 6.42 Å². The van der Waals surface area contributed by atoms with Crippen LogP contribution in [0.4, 0.5) is 17.5 Å². The first-order chi connectivity index (χ1) is 12.6. The highest BCUT2D eigenvalue weighted by Crippen LogP contribution is 2.40. The molecule has 8 nitrogen and oxygen atoms in total. The normalized spacial score (nSPS) is 16.9. The van der Waals surface area contributed by atoms with Gasteiger partial charge in [-0.05, 0) is 18.8 Å². The zero-order valence-corrected chi connectivity index (χ0v) is 15.7. The number of ether oxygens (including phenoxy) is 3. The first kappa shape index (κ1) is 18.0. The number of nitrogens with one attached hydrogen (secondary N) is 1. The van der Waals surface area contributed by atoms with Crippen LogP contribution < -0.4 is 24.4 Å². The highest BCUT2D eigenvalue weighted by molar-refractivity contribution is 5.66. The molecule has 1 atom stereocenters. The molecule has 2 heterocycles. The molecular formula is C18H25N5O3. The Morgan fingerprint density at radius 1 is 1.12 bits per heavy atom. The maximum Gasteiger partial charge on any atom is 0.247 e. The quantitative estimate of drug-likeness (QED) is 0.843. The topological polar surface area (TPSA) is 81.6 Å². The smallest absolute Gasteiger partial charge is 0.247 e. The molecule has 0 saturated carbocycles. The molecule has 0 radical (unpaired) electrons. The van der Waals surface area contributed by atoms with Crippen molar-refractivity contribution < 1.29 is 14.2 Å². The molecule has 2 aromatic rings. The predicted molar refractivity (Wildman–Crippen MR) is 99.8 cm³/mol. The standard InChI is InChI=1S/C18H25N5O3/c1-12-6-5-7-23(11-12)18-21-16(10-19-22-18)20-13-8-14(24-2)17(26-4)15(9-13)25-3/h8-10,12H,5-7,11H2,1-4H3,(H,20,21,22). The summed E-state index contributed by atoms with van der Waals surface area (Å²) in [6.45, 7) is 4.16. The molecule has 1 aliphatic heterocycles. The molecule has 1 unspecified atom stereocenters. The van der Waals surface area contributed by atoms with Gasteiger partial charge in [0.2, 0.25) is 11.7 Å². The minimum absolute atomic E-state index is 0.546. The fraction of sp³-hybridized carbons (Fsp3) is 0.500. The minimum Gasteiger partial charge on any atom is -0.493 e. The summed E-state index contributed by atoms with van der Waals surface area (Å²) in [5.74, 6) is 3.59. The zero-order valence-electron chi connectivity index (χ0n) is 15.7. The first-order valence-corrected chi connectivity index (χ1v) is 8.66. The number of benzene rings is 1. The van der Waals surface area contributed by atoms with Gasteiger partial charge in [0.1, 0.15) is 0 Å². The van der Waals surface area contributed by atoms with Gasteiger partial charge in [-0.1, -0.05) is 6.92 Å². The monoisotopic (exact) mass is 359 g/mol. The van der Waals surface area contributed by atoms with Gasteiger partial charge < -0.3 is 24.4 Å². The third-order valence-corrected chi connectivity index (χ3v) is 4.42. The SMILES string of the molecule is COc1cc(Nc2cnnc(N3CCCC(C)C3)n2)cc(OC)c1OC. The van der Waals surface area contributed by atoms with E-state index in [9.17, 15) is 0 Å². The maximum atomic E-state index is 5.39. The Hall–Kier alpha value is -2.77. The average Bonchev–Trinajstić information content (AvgIpc) is 2.67. The Labute approximate surface area is 153 Å². The number of aromatic nitrogens is 3. The lowest BCUT2D eigenvalue weighted by Crippen LogP contribution is -2.35. The molecule has 1 aromatic heterocycles. The molecule has 8 heteroatoms. The van der Waals surface area contributed by atoms with Gasteiger partial charge in [-0.2, -0.15) is 10.1 Å². The lowest BCUT2D eigenvalue weighted by Gasteiger charge is -2.30. The van der Waals surface area contributed by atoms with Crippen molar-refractivity contribution in [3.05, 3.63) is 18.3 Å². The maximum absolute atomic E-state index is 5.39. The Kier molecular flexibility index (Phi) is 5.60. The Morgan fingerprint density at radius 2 is 1.85 bits per heavy atom. The van der Waals surface area contributed by atoms with Crippen LogP contribution in [0.1, 0.15) is 19.8 Å². The van der Waals surface area contributed by atoms with Crippen LogP contribution in [0, 0.1) is 5.92 Å². The fourth-order valence-corrected chi connectivity index (χ4v) is 3.16. The molecule has 3 rings (SSSR count). The molecule has 0 spiro atoms. The largest absolute Gasteiger partial charge is 0.493 e. The lowest BCUT2D eigenvalue weighted by atomic mass is 10.0. The van der Waals surface area contributed by atoms with Crippen LogP contribution in [-0.2, 0) is 0 Å². The minimum atomic E-state index is 0.546. The summed E-state index contributed by atoms with van der Waals surface area (Å²) in [6, 6.07) is 3.65. The summed E-state index contributed by atoms with van der Waals surface area (Å²) in [4.78, 5) is 6.79. The summed E-state index contributed by atoms with van der Waals surface area (Å²) in [5.41, 5.74) is 0.762. The lowest BCUT2D eigenvalue weighted by molar-refractivity contribution is 0.324. The van der Waals surface area contributed by atoms with Crippen molar-refractivity contribution in [1.82, 2.24) is 15.2 Å². The molecule has 1 aliphatic rings. The Morgan fingerprint density at radius 3 is 2.46 bits per heavy atom. The molecular weight excluding hydrogens is 334 g/mol. The van der Waals surface area contributed by atoms with Crippen molar-refractivity contribution in [3.63, 3.8) is 0 Å². The molecule has 26 heavy (non-hydrogen) atoms. The summed E-state index contributed by atoms with van der Waals surface area (Å²) in [5, 5.41) is 11.5. The van der Waals surface area contributed by atoms with E-state index in [4.69, 9.17) is 14.2 Å². The van der Waals surface area contributed by atoms with E-state index in [0.717, 1.165) is 25.2 Å². The number of methoxy groups -OCH3 is 3. The second-order valence-corrected chi connectivity index (χ2v) is 6.37. The van der Waals surface area contributed by atoms with Gasteiger partial charge in [-0.3, -0.25) is 0 Å². The van der Waals surface area contributed by atoms with Crippen molar-refractivity contribution in [3.8, 4) is 17.2 Å². The number of rotatable bonds is 6. The molecule has 1 fully saturated rings. The zero-order chi connectivity index (χ0) is 18.5. The van der Waals surface area contributed by atoms with Crippen molar-refractivity contribution in [2.75, 3.05) is 44.6 Å². The van der Waals surface area contributed by atoms with Crippen molar-refractivity contribution in [2.24, 2.45) is 5.92 Å². The second kappa shape index (κ2) is 8.07. The van der Waals surface area contributed by atoms with Gasteiger partial charge >= 0.3 is 0 Å². The van der Waals surface area contributed by atoms with Crippen LogP contribution in [0.5, 0.6) is 17.2 Å². The fourth-order valence-electron chi connectivity index (χ4n) is 3.16. The van der Waals surface area contributed by atoms with Gasteiger partial charge in [-0.25, -0.2) is 0 Å². The van der Waals surface area contributed by atoms with E-state index in [-0.39, 0.29) is 0 Å². The summed E-state index contributed by atoms with van der Waals surface area (Å²) < 4.78 is 16.1. The van der Waals surface area contributed by atoms with E-state index in [0.29, 0.717) is 34.9 Å². The number of hydrogen-bond donors (Lipinski definition) is 1. The number of piperidine rings is 1. The number of hydrogen-bond acceptors (Lipinski definition) is 8. The van der Waals surface area contributed by atoms with Crippen LogP contribution in [0.3, 0.4) is 0 Å². The molecule has 1 aromatic carbocycles. The van der Waals surface area contributed by atoms with Crippen LogP contribution >= 0.6 is 0 Å². The van der Waals surface area contributed by atoms with Crippen LogP contribution in [0.15, 0.2) is 18.3 Å². The molecule has 1 N–H and O–H groups in total. The summed E-state index contributed by atoms with van der Waals surface area (Å²) >= 11 is 0. The van der Waals surface area contributed by atoms with Crippen molar-refractivity contribution in [2.45, 2.75) is 19.8 Å². The van der Waals surface area contributed by atoms with Gasteiger partial charge in [-0.15, -0.1) is 5.10 Å². The van der Waals surface area contributed by atoms with Crippen molar-refractivity contribution >= 4 is 17.5 Å². The summed E-state index contributed by atoms with van der Waals surface area (Å²) in [7, 11) is 4.75. The van der Waals surface area contributed by atoms with Crippen LogP contribution in [0.25, 0.3) is 0 Å². The predicted octanol–water partition coefficient (Wildman–Crippen LogP) is 2.88. The second-order valence-electron chi connectivity index (χ2n) is 6.37. The van der Waals surface area contributed by atoms with Gasteiger partial charge in [0, 0.05) is 30.9 Å². The highest BCUT2D eigenvalue weighted by atomic mass is 16.5. The van der Waals surface area contributed by atoms with Gasteiger partial charge in [0.25, 0.3) is 0 Å². The number of anilines is 3. The van der Waals surface area contributed by atoms with E-state index >= 15 is 0 Å². The van der Waals surface area contributed by atoms with E-state index in [2.05, 4.69) is 32.3 Å². The van der Waals surface area contributed by atoms with Crippen LogP contribution in [-0.4, -0.2) is 49.6 Å². The third-order valence-electron chi connectivity index (χ3n) is 4.42. The van der Waals surface area contributed by atoms with E-state index in [1.54, 1.807) is 27.5 Å². The molecule has 0 bridgehead atoms. The Balaban J connectivity index is 1.84. The molecule has 140 valence electrons. The first-order valence-electron chi connectivity index (χ1n) is 8.66. The van der Waals surface area contributed by atoms with Gasteiger partial charge in [0.05, 0.1) is 27.5 Å². The highest BCUT2D eigenvalue weighted by Gasteiger charge is 2.19. The van der Waals surface area contributed by atoms with Crippen LogP contribution in [0.2, 0.25) is 0 Å². The number of nitrogens with zero attached hydrogens (tertiary/aromatic N) is 4. The molecule has 1 saturated heterocycles. The average molecular weight is 359 g/mol.